The van der Waals surface area contributed by atoms with E-state index in [4.69, 9.17) is 17.0 Å². The lowest BCUT2D eigenvalue weighted by atomic mass is 10.2. The van der Waals surface area contributed by atoms with Gasteiger partial charge in [0.2, 0.25) is 5.88 Å². The molecule has 2 rings (SSSR count). The molecule has 0 fully saturated rings. The summed E-state index contributed by atoms with van der Waals surface area (Å²) in [5.41, 5.74) is 0.356. The van der Waals surface area contributed by atoms with Crippen molar-refractivity contribution < 1.29 is 19.5 Å². The summed E-state index contributed by atoms with van der Waals surface area (Å²) in [6, 6.07) is 6.45. The SMILES string of the molecule is CC[NH+](CC)CCOC(=O)c1ccc(N=Cc2c(O)[nH]c(=S)[nH]c2=O)cc1. The number of benzene rings is 1. The van der Waals surface area contributed by atoms with Gasteiger partial charge < -0.3 is 19.7 Å². The number of hydrogen-bond acceptors (Lipinski definition) is 6. The topological polar surface area (TPSA) is 112 Å². The molecule has 0 aliphatic rings. The van der Waals surface area contributed by atoms with Crippen molar-refractivity contribution in [1.82, 2.24) is 9.97 Å². The summed E-state index contributed by atoms with van der Waals surface area (Å²) in [5.74, 6) is -0.746. The Morgan fingerprint density at radius 3 is 2.52 bits per heavy atom. The van der Waals surface area contributed by atoms with Crippen LogP contribution in [0.25, 0.3) is 0 Å². The molecule has 27 heavy (non-hydrogen) atoms. The van der Waals surface area contributed by atoms with Gasteiger partial charge in [-0.15, -0.1) is 0 Å². The second-order valence-electron chi connectivity index (χ2n) is 5.82. The number of carbonyl (C=O) groups is 1. The maximum Gasteiger partial charge on any atom is 0.338 e. The number of nitrogens with zero attached hydrogens (tertiary/aromatic N) is 1. The number of aromatic nitrogens is 2. The Morgan fingerprint density at radius 1 is 1.26 bits per heavy atom. The first-order valence-electron chi connectivity index (χ1n) is 8.65. The van der Waals surface area contributed by atoms with Gasteiger partial charge in [-0.05, 0) is 50.3 Å². The summed E-state index contributed by atoms with van der Waals surface area (Å²) < 4.78 is 5.31. The monoisotopic (exact) mass is 391 g/mol. The molecule has 0 saturated heterocycles. The fourth-order valence-corrected chi connectivity index (χ4v) is 2.59. The van der Waals surface area contributed by atoms with Gasteiger partial charge >= 0.3 is 5.97 Å². The highest BCUT2D eigenvalue weighted by Gasteiger charge is 2.09. The van der Waals surface area contributed by atoms with Crippen LogP contribution in [0.3, 0.4) is 0 Å². The van der Waals surface area contributed by atoms with E-state index in [-0.39, 0.29) is 22.2 Å². The maximum absolute atomic E-state index is 12.1. The van der Waals surface area contributed by atoms with E-state index in [1.165, 1.54) is 11.1 Å². The highest BCUT2D eigenvalue weighted by molar-refractivity contribution is 7.71. The van der Waals surface area contributed by atoms with Crippen LogP contribution in [-0.2, 0) is 4.74 Å². The molecule has 0 amide bonds. The third-order valence-electron chi connectivity index (χ3n) is 4.09. The van der Waals surface area contributed by atoms with E-state index in [0.717, 1.165) is 19.6 Å². The minimum absolute atomic E-state index is 0.0279. The van der Waals surface area contributed by atoms with Gasteiger partial charge in [0.05, 0.1) is 24.3 Å². The Morgan fingerprint density at radius 2 is 1.93 bits per heavy atom. The van der Waals surface area contributed by atoms with Crippen LogP contribution in [0.4, 0.5) is 5.69 Å². The second-order valence-corrected chi connectivity index (χ2v) is 6.23. The molecular formula is C18H23N4O4S+. The molecule has 1 heterocycles. The van der Waals surface area contributed by atoms with Crippen molar-refractivity contribution in [2.24, 2.45) is 4.99 Å². The van der Waals surface area contributed by atoms with Crippen LogP contribution in [0, 0.1) is 4.77 Å². The third kappa shape index (κ3) is 5.87. The van der Waals surface area contributed by atoms with Crippen LogP contribution >= 0.6 is 12.2 Å². The largest absolute Gasteiger partial charge is 0.494 e. The lowest BCUT2D eigenvalue weighted by Crippen LogP contribution is -3.11. The zero-order valence-corrected chi connectivity index (χ0v) is 16.1. The van der Waals surface area contributed by atoms with Crippen LogP contribution in [0.5, 0.6) is 5.88 Å². The van der Waals surface area contributed by atoms with E-state index in [2.05, 4.69) is 28.8 Å². The number of aliphatic imine (C=N–C) groups is 1. The van der Waals surface area contributed by atoms with Crippen molar-refractivity contribution in [3.8, 4) is 5.88 Å². The number of nitrogens with one attached hydrogen (secondary N) is 3. The fourth-order valence-electron chi connectivity index (χ4n) is 2.40. The minimum atomic E-state index is -0.546. The van der Waals surface area contributed by atoms with Crippen molar-refractivity contribution >= 4 is 30.1 Å². The van der Waals surface area contributed by atoms with Crippen LogP contribution in [0.2, 0.25) is 0 Å². The summed E-state index contributed by atoms with van der Waals surface area (Å²) >= 11 is 4.76. The number of aromatic amines is 2. The molecular weight excluding hydrogens is 368 g/mol. The van der Waals surface area contributed by atoms with Gasteiger partial charge in [0.25, 0.3) is 5.56 Å². The number of rotatable bonds is 8. The molecule has 144 valence electrons. The summed E-state index contributed by atoms with van der Waals surface area (Å²) in [6.07, 6.45) is 1.22. The minimum Gasteiger partial charge on any atom is -0.494 e. The summed E-state index contributed by atoms with van der Waals surface area (Å²) in [6.45, 7) is 7.32. The number of carbonyl (C=O) groups excluding carboxylic acids is 1. The van der Waals surface area contributed by atoms with E-state index in [0.29, 0.717) is 17.9 Å². The van der Waals surface area contributed by atoms with Gasteiger partial charge in [-0.25, -0.2) is 4.79 Å². The van der Waals surface area contributed by atoms with E-state index in [9.17, 15) is 14.7 Å². The van der Waals surface area contributed by atoms with Gasteiger partial charge in [-0.1, -0.05) is 0 Å². The molecule has 0 saturated carbocycles. The van der Waals surface area contributed by atoms with Crippen LogP contribution in [-0.4, -0.2) is 53.5 Å². The van der Waals surface area contributed by atoms with Crippen molar-refractivity contribution in [2.45, 2.75) is 13.8 Å². The Bertz CT molecular complexity index is 914. The molecule has 9 heteroatoms. The first-order chi connectivity index (χ1) is 12.9. The highest BCUT2D eigenvalue weighted by atomic mass is 32.1. The lowest BCUT2D eigenvalue weighted by molar-refractivity contribution is -0.896. The Labute approximate surface area is 161 Å². The van der Waals surface area contributed by atoms with E-state index in [1.54, 1.807) is 24.3 Å². The molecule has 0 spiro atoms. The van der Waals surface area contributed by atoms with Crippen LogP contribution < -0.4 is 10.5 Å². The average molecular weight is 391 g/mol. The molecule has 0 atom stereocenters. The molecule has 1 aromatic carbocycles. The molecule has 1 aromatic heterocycles. The van der Waals surface area contributed by atoms with E-state index in [1.807, 2.05) is 0 Å². The number of H-pyrrole nitrogens is 2. The van der Waals surface area contributed by atoms with Gasteiger partial charge in [0.15, 0.2) is 4.77 Å². The zero-order valence-electron chi connectivity index (χ0n) is 15.2. The van der Waals surface area contributed by atoms with Crippen molar-refractivity contribution in [3.05, 3.63) is 50.5 Å². The third-order valence-corrected chi connectivity index (χ3v) is 4.30. The molecule has 0 radical (unpaired) electrons. The molecule has 0 aliphatic carbocycles. The highest BCUT2D eigenvalue weighted by Crippen LogP contribution is 2.14. The van der Waals surface area contributed by atoms with Crippen molar-refractivity contribution in [3.63, 3.8) is 0 Å². The summed E-state index contributed by atoms with van der Waals surface area (Å²) in [4.78, 5) is 34.1. The smallest absolute Gasteiger partial charge is 0.338 e. The number of esters is 1. The molecule has 8 nitrogen and oxygen atoms in total. The normalized spacial score (nSPS) is 11.2. The first-order valence-corrected chi connectivity index (χ1v) is 9.05. The number of aromatic hydroxyl groups is 1. The van der Waals surface area contributed by atoms with Gasteiger partial charge in [-0.2, -0.15) is 0 Å². The molecule has 0 aliphatic heterocycles. The van der Waals surface area contributed by atoms with Crippen LogP contribution in [0.15, 0.2) is 34.1 Å². The van der Waals surface area contributed by atoms with E-state index >= 15 is 0 Å². The molecule has 0 unspecified atom stereocenters. The standard InChI is InChI=1S/C18H22N4O4S/c1-3-22(4-2)9-10-26-17(25)12-5-7-13(8-6-12)19-11-14-15(23)20-18(27)21-16(14)24/h5-8,11H,3-4,9-10H2,1-2H3,(H3,20,21,23,24,27)/p+1. The van der Waals surface area contributed by atoms with Gasteiger partial charge in [0, 0.05) is 6.21 Å². The lowest BCUT2D eigenvalue weighted by Gasteiger charge is -2.14. The zero-order chi connectivity index (χ0) is 19.8. The number of likely N-dealkylation sites (N-methyl/N-ethyl adjacent to an activating group) is 1. The van der Waals surface area contributed by atoms with Crippen molar-refractivity contribution in [2.75, 3.05) is 26.2 Å². The summed E-state index contributed by atoms with van der Waals surface area (Å²) in [5, 5.41) is 9.73. The molecule has 4 N–H and O–H groups in total. The Kier molecular flexibility index (Phi) is 7.44. The molecule has 2 aromatic rings. The number of hydrogen-bond donors (Lipinski definition) is 4. The fraction of sp³-hybridized carbons (Fsp3) is 0.333. The van der Waals surface area contributed by atoms with Crippen molar-refractivity contribution in [1.29, 1.82) is 0 Å². The quantitative estimate of drug-likeness (QED) is 0.304. The predicted octanol–water partition coefficient (Wildman–Crippen LogP) is 0.970. The Balaban J connectivity index is 2.00. The number of quaternary nitrogens is 1. The van der Waals surface area contributed by atoms with E-state index < -0.39 is 5.56 Å². The average Bonchev–Trinajstić information content (AvgIpc) is 2.64. The van der Waals surface area contributed by atoms with Gasteiger partial charge in [-0.3, -0.25) is 14.8 Å². The Hall–Kier alpha value is -2.78. The number of ether oxygens (including phenoxy) is 1. The predicted molar refractivity (Wildman–Crippen MR) is 105 cm³/mol. The maximum atomic E-state index is 12.1. The first kappa shape index (κ1) is 20.5. The second kappa shape index (κ2) is 9.79. The van der Waals surface area contributed by atoms with Gasteiger partial charge in [0.1, 0.15) is 18.7 Å². The van der Waals surface area contributed by atoms with Crippen LogP contribution in [0.1, 0.15) is 29.8 Å². The summed E-state index contributed by atoms with van der Waals surface area (Å²) in [7, 11) is 0. The molecule has 0 bridgehead atoms.